The molecule has 0 spiro atoms. The highest BCUT2D eigenvalue weighted by molar-refractivity contribution is 6.03. The molecule has 0 saturated carbocycles. The molecule has 1 N–H and O–H groups in total. The summed E-state index contributed by atoms with van der Waals surface area (Å²) in [6, 6.07) is 13.9. The van der Waals surface area contributed by atoms with Crippen LogP contribution in [0.4, 0.5) is 4.39 Å². The molecule has 2 atom stereocenters. The van der Waals surface area contributed by atoms with Gasteiger partial charge in [-0.25, -0.2) is 4.39 Å². The Kier molecular flexibility index (Phi) is 4.48. The number of rotatable bonds is 5. The van der Waals surface area contributed by atoms with E-state index in [0.29, 0.717) is 11.1 Å². The number of benzene rings is 2. The van der Waals surface area contributed by atoms with E-state index in [9.17, 15) is 19.1 Å². The van der Waals surface area contributed by atoms with Gasteiger partial charge in [0.2, 0.25) is 0 Å². The highest BCUT2D eigenvalue weighted by Crippen LogP contribution is 2.29. The minimum absolute atomic E-state index is 0.280. The first-order valence-electron chi connectivity index (χ1n) is 6.58. The highest BCUT2D eigenvalue weighted by atomic mass is 19.1. The summed E-state index contributed by atoms with van der Waals surface area (Å²) in [5.74, 6) is -3.51. The molecule has 0 aromatic heterocycles. The lowest BCUT2D eigenvalue weighted by Crippen LogP contribution is -2.26. The van der Waals surface area contributed by atoms with Gasteiger partial charge in [0.1, 0.15) is 5.82 Å². The molecule has 2 aromatic carbocycles. The first-order valence-corrected chi connectivity index (χ1v) is 6.58. The fraction of sp³-hybridized carbons (Fsp3) is 0.176. The van der Waals surface area contributed by atoms with Gasteiger partial charge < -0.3 is 5.11 Å². The minimum Gasteiger partial charge on any atom is -0.481 e. The number of halogens is 1. The number of hydrogen-bond donors (Lipinski definition) is 1. The Morgan fingerprint density at radius 3 is 2.10 bits per heavy atom. The van der Waals surface area contributed by atoms with Crippen LogP contribution in [-0.4, -0.2) is 16.9 Å². The van der Waals surface area contributed by atoms with E-state index < -0.39 is 23.6 Å². The van der Waals surface area contributed by atoms with Gasteiger partial charge in [0.15, 0.2) is 5.78 Å². The van der Waals surface area contributed by atoms with E-state index in [1.165, 1.54) is 31.2 Å². The molecule has 3 nitrogen and oxygen atoms in total. The van der Waals surface area contributed by atoms with Crippen molar-refractivity contribution in [3.63, 3.8) is 0 Å². The second kappa shape index (κ2) is 6.31. The Hall–Kier alpha value is -2.49. The summed E-state index contributed by atoms with van der Waals surface area (Å²) in [6.45, 7) is 1.48. The third-order valence-corrected chi connectivity index (χ3v) is 3.46. The van der Waals surface area contributed by atoms with Crippen LogP contribution < -0.4 is 0 Å². The van der Waals surface area contributed by atoms with Crippen molar-refractivity contribution in [2.24, 2.45) is 5.92 Å². The second-order valence-corrected chi connectivity index (χ2v) is 4.89. The molecule has 0 aliphatic rings. The number of ketones is 1. The molecule has 2 unspecified atom stereocenters. The maximum atomic E-state index is 13.0. The molecular weight excluding hydrogens is 271 g/mol. The van der Waals surface area contributed by atoms with Crippen LogP contribution in [0.25, 0.3) is 0 Å². The summed E-state index contributed by atoms with van der Waals surface area (Å²) in [4.78, 5) is 23.9. The van der Waals surface area contributed by atoms with Gasteiger partial charge in [0.25, 0.3) is 0 Å². The third-order valence-electron chi connectivity index (χ3n) is 3.46. The van der Waals surface area contributed by atoms with Crippen LogP contribution in [0.2, 0.25) is 0 Å². The number of carboxylic acid groups (broad SMARTS) is 1. The Bertz CT molecular complexity index is 635. The summed E-state index contributed by atoms with van der Waals surface area (Å²) in [6.07, 6.45) is 0. The second-order valence-electron chi connectivity index (χ2n) is 4.89. The van der Waals surface area contributed by atoms with Gasteiger partial charge in [-0.2, -0.15) is 0 Å². The molecule has 0 bridgehead atoms. The van der Waals surface area contributed by atoms with Crippen LogP contribution in [0.1, 0.15) is 28.8 Å². The van der Waals surface area contributed by atoms with Crippen LogP contribution >= 0.6 is 0 Å². The molecule has 0 heterocycles. The van der Waals surface area contributed by atoms with Gasteiger partial charge in [0, 0.05) is 5.56 Å². The van der Waals surface area contributed by atoms with Gasteiger partial charge in [-0.3, -0.25) is 9.59 Å². The Morgan fingerprint density at radius 2 is 1.57 bits per heavy atom. The van der Waals surface area contributed by atoms with Crippen LogP contribution in [0.3, 0.4) is 0 Å². The number of carboxylic acids is 1. The predicted octanol–water partition coefficient (Wildman–Crippen LogP) is 3.51. The standard InChI is InChI=1S/C17H15FO3/c1-11(17(20)21)15(12-7-9-14(18)10-8-12)16(19)13-5-3-2-4-6-13/h2-11,15H,1H3,(H,20,21). The third kappa shape index (κ3) is 3.34. The van der Waals surface area contributed by atoms with Crippen molar-refractivity contribution >= 4 is 11.8 Å². The molecule has 0 aliphatic heterocycles. The van der Waals surface area contributed by atoms with E-state index in [1.54, 1.807) is 30.3 Å². The zero-order valence-corrected chi connectivity index (χ0v) is 11.5. The SMILES string of the molecule is CC(C(=O)O)C(C(=O)c1ccccc1)c1ccc(F)cc1. The van der Waals surface area contributed by atoms with E-state index in [4.69, 9.17) is 0 Å². The van der Waals surface area contributed by atoms with Crippen LogP contribution in [0, 0.1) is 11.7 Å². The summed E-state index contributed by atoms with van der Waals surface area (Å²) in [5.41, 5.74) is 0.945. The van der Waals surface area contributed by atoms with Crippen molar-refractivity contribution in [1.82, 2.24) is 0 Å². The maximum absolute atomic E-state index is 13.0. The van der Waals surface area contributed by atoms with Gasteiger partial charge in [-0.15, -0.1) is 0 Å². The number of carbonyl (C=O) groups excluding carboxylic acids is 1. The van der Waals surface area contributed by atoms with Crippen molar-refractivity contribution in [2.75, 3.05) is 0 Å². The Labute approximate surface area is 122 Å². The monoisotopic (exact) mass is 286 g/mol. The van der Waals surface area contributed by atoms with E-state index in [2.05, 4.69) is 0 Å². The summed E-state index contributed by atoms with van der Waals surface area (Å²) in [7, 11) is 0. The van der Waals surface area contributed by atoms with Crippen LogP contribution in [0.15, 0.2) is 54.6 Å². The van der Waals surface area contributed by atoms with Gasteiger partial charge in [-0.05, 0) is 17.7 Å². The Morgan fingerprint density at radius 1 is 1.00 bits per heavy atom. The molecule has 0 radical (unpaired) electrons. The van der Waals surface area contributed by atoms with Gasteiger partial charge >= 0.3 is 5.97 Å². The smallest absolute Gasteiger partial charge is 0.307 e. The molecule has 0 aliphatic carbocycles. The van der Waals surface area contributed by atoms with Crippen molar-refractivity contribution < 1.29 is 19.1 Å². The fourth-order valence-corrected chi connectivity index (χ4v) is 2.26. The number of hydrogen-bond acceptors (Lipinski definition) is 2. The molecule has 2 rings (SSSR count). The molecule has 21 heavy (non-hydrogen) atoms. The molecular formula is C17H15FO3. The number of aliphatic carboxylic acids is 1. The summed E-state index contributed by atoms with van der Waals surface area (Å²) < 4.78 is 13.0. The van der Waals surface area contributed by atoms with E-state index in [1.807, 2.05) is 0 Å². The fourth-order valence-electron chi connectivity index (χ4n) is 2.26. The molecule has 2 aromatic rings. The zero-order valence-electron chi connectivity index (χ0n) is 11.5. The zero-order chi connectivity index (χ0) is 15.4. The van der Waals surface area contributed by atoms with Crippen molar-refractivity contribution in [3.05, 3.63) is 71.5 Å². The lowest BCUT2D eigenvalue weighted by molar-refractivity contribution is -0.141. The van der Waals surface area contributed by atoms with Crippen molar-refractivity contribution in [2.45, 2.75) is 12.8 Å². The van der Waals surface area contributed by atoms with Gasteiger partial charge in [0.05, 0.1) is 11.8 Å². The Balaban J connectivity index is 2.44. The molecule has 0 amide bonds. The van der Waals surface area contributed by atoms with Crippen molar-refractivity contribution in [1.29, 1.82) is 0 Å². The summed E-state index contributed by atoms with van der Waals surface area (Å²) in [5, 5.41) is 9.24. The van der Waals surface area contributed by atoms with Crippen LogP contribution in [0.5, 0.6) is 0 Å². The normalized spacial score (nSPS) is 13.4. The molecule has 108 valence electrons. The minimum atomic E-state index is -1.06. The quantitative estimate of drug-likeness (QED) is 0.856. The average Bonchev–Trinajstić information content (AvgIpc) is 2.50. The van der Waals surface area contributed by atoms with Gasteiger partial charge in [-0.1, -0.05) is 49.4 Å². The summed E-state index contributed by atoms with van der Waals surface area (Å²) >= 11 is 0. The molecule has 0 fully saturated rings. The topological polar surface area (TPSA) is 54.4 Å². The van der Waals surface area contributed by atoms with Crippen LogP contribution in [-0.2, 0) is 4.79 Å². The highest BCUT2D eigenvalue weighted by Gasteiger charge is 2.32. The van der Waals surface area contributed by atoms with E-state index in [0.717, 1.165) is 0 Å². The first kappa shape index (κ1) is 14.9. The largest absolute Gasteiger partial charge is 0.481 e. The number of carbonyl (C=O) groups is 2. The van der Waals surface area contributed by atoms with E-state index >= 15 is 0 Å². The average molecular weight is 286 g/mol. The predicted molar refractivity (Wildman–Crippen MR) is 76.7 cm³/mol. The van der Waals surface area contributed by atoms with E-state index in [-0.39, 0.29) is 5.78 Å². The lowest BCUT2D eigenvalue weighted by Gasteiger charge is -2.20. The first-order chi connectivity index (χ1) is 10.0. The molecule has 4 heteroatoms. The maximum Gasteiger partial charge on any atom is 0.307 e. The van der Waals surface area contributed by atoms with Crippen molar-refractivity contribution in [3.8, 4) is 0 Å². The molecule has 0 saturated heterocycles. The lowest BCUT2D eigenvalue weighted by atomic mass is 9.81. The number of Topliss-reactive ketones (excluding diaryl/α,β-unsaturated/α-hetero) is 1.